The van der Waals surface area contributed by atoms with Gasteiger partial charge in [0.1, 0.15) is 5.25 Å². The Kier molecular flexibility index (Phi) is 3.17. The van der Waals surface area contributed by atoms with Gasteiger partial charge in [-0.1, -0.05) is 32.1 Å². The summed E-state index contributed by atoms with van der Waals surface area (Å²) in [5, 5.41) is -0.296. The first kappa shape index (κ1) is 11.9. The van der Waals surface area contributed by atoms with Crippen molar-refractivity contribution in [2.24, 2.45) is 11.8 Å². The van der Waals surface area contributed by atoms with Crippen LogP contribution in [0, 0.1) is 11.8 Å². The molecular formula is C12H21NO3S. The zero-order chi connectivity index (χ0) is 11.9. The normalized spacial score (nSPS) is 35.5. The average Bonchev–Trinajstić information content (AvgIpc) is 2.94. The topological polar surface area (TPSA) is 55.4 Å². The summed E-state index contributed by atoms with van der Waals surface area (Å²) in [6.07, 6.45) is 7.68. The molecule has 1 aliphatic heterocycles. The molecule has 98 valence electrons. The first-order valence-electron chi connectivity index (χ1n) is 6.76. The van der Waals surface area contributed by atoms with E-state index in [1.54, 1.807) is 0 Å². The van der Waals surface area contributed by atoms with Crippen LogP contribution in [-0.4, -0.2) is 32.9 Å². The van der Waals surface area contributed by atoms with E-state index in [4.69, 9.17) is 4.74 Å². The lowest BCUT2D eigenvalue weighted by Gasteiger charge is -2.26. The van der Waals surface area contributed by atoms with Crippen molar-refractivity contribution in [3.8, 4) is 0 Å². The highest BCUT2D eigenvalue weighted by Gasteiger charge is 2.46. The third kappa shape index (κ3) is 2.51. The average molecular weight is 259 g/mol. The molecule has 5 heteroatoms. The van der Waals surface area contributed by atoms with Crippen LogP contribution in [-0.2, 0) is 14.8 Å². The fourth-order valence-electron chi connectivity index (χ4n) is 3.13. The molecule has 2 aliphatic carbocycles. The fraction of sp³-hybridized carbons (Fsp3) is 1.00. The van der Waals surface area contributed by atoms with Gasteiger partial charge in [0, 0.05) is 6.04 Å². The number of nitrogens with one attached hydrogen (secondary N) is 1. The first-order chi connectivity index (χ1) is 8.17. The van der Waals surface area contributed by atoms with E-state index in [0.29, 0.717) is 19.1 Å². The Balaban J connectivity index is 1.51. The quantitative estimate of drug-likeness (QED) is 0.827. The van der Waals surface area contributed by atoms with Crippen LogP contribution in [0.4, 0.5) is 0 Å². The van der Waals surface area contributed by atoms with Crippen molar-refractivity contribution < 1.29 is 13.2 Å². The number of rotatable bonds is 4. The summed E-state index contributed by atoms with van der Waals surface area (Å²) in [6.45, 7) is 0.742. The van der Waals surface area contributed by atoms with Crippen LogP contribution in [0.1, 0.15) is 38.5 Å². The van der Waals surface area contributed by atoms with Gasteiger partial charge in [-0.3, -0.25) is 0 Å². The van der Waals surface area contributed by atoms with Crippen LogP contribution in [0.2, 0.25) is 0 Å². The molecule has 2 saturated carbocycles. The van der Waals surface area contributed by atoms with Gasteiger partial charge in [0.2, 0.25) is 10.0 Å². The van der Waals surface area contributed by atoms with E-state index in [1.165, 1.54) is 32.1 Å². The van der Waals surface area contributed by atoms with Gasteiger partial charge >= 0.3 is 0 Å². The summed E-state index contributed by atoms with van der Waals surface area (Å²) in [5.41, 5.74) is 0. The highest BCUT2D eigenvalue weighted by molar-refractivity contribution is 7.90. The molecule has 1 N–H and O–H groups in total. The van der Waals surface area contributed by atoms with Gasteiger partial charge in [0.25, 0.3) is 0 Å². The summed E-state index contributed by atoms with van der Waals surface area (Å²) in [4.78, 5) is 0. The third-order valence-electron chi connectivity index (χ3n) is 4.46. The molecule has 0 spiro atoms. The highest BCUT2D eigenvalue weighted by atomic mass is 32.2. The van der Waals surface area contributed by atoms with E-state index >= 15 is 0 Å². The van der Waals surface area contributed by atoms with Crippen molar-refractivity contribution >= 4 is 10.0 Å². The van der Waals surface area contributed by atoms with E-state index in [0.717, 1.165) is 12.3 Å². The van der Waals surface area contributed by atoms with Crippen molar-refractivity contribution in [2.45, 2.75) is 49.8 Å². The third-order valence-corrected chi connectivity index (χ3v) is 6.24. The molecule has 2 atom stereocenters. The summed E-state index contributed by atoms with van der Waals surface area (Å²) < 4.78 is 31.6. The van der Waals surface area contributed by atoms with Crippen molar-refractivity contribution in [3.05, 3.63) is 0 Å². The Morgan fingerprint density at radius 1 is 1.06 bits per heavy atom. The molecule has 0 bridgehead atoms. The molecule has 1 heterocycles. The van der Waals surface area contributed by atoms with E-state index in [1.807, 2.05) is 0 Å². The summed E-state index contributed by atoms with van der Waals surface area (Å²) in [5.74, 6) is 1.39. The summed E-state index contributed by atoms with van der Waals surface area (Å²) >= 11 is 0. The molecule has 0 unspecified atom stereocenters. The van der Waals surface area contributed by atoms with Crippen LogP contribution in [0.25, 0.3) is 0 Å². The molecule has 1 saturated heterocycles. The van der Waals surface area contributed by atoms with Crippen LogP contribution in [0.15, 0.2) is 0 Å². The lowest BCUT2D eigenvalue weighted by atomic mass is 9.86. The molecule has 3 fully saturated rings. The highest BCUT2D eigenvalue weighted by Crippen LogP contribution is 2.44. The van der Waals surface area contributed by atoms with E-state index in [9.17, 15) is 8.42 Å². The summed E-state index contributed by atoms with van der Waals surface area (Å²) in [7, 11) is -3.11. The van der Waals surface area contributed by atoms with Gasteiger partial charge in [-0.05, 0) is 18.3 Å². The van der Waals surface area contributed by atoms with Crippen molar-refractivity contribution in [2.75, 3.05) is 13.2 Å². The molecule has 17 heavy (non-hydrogen) atoms. The maximum Gasteiger partial charge on any atom is 0.219 e. The summed E-state index contributed by atoms with van der Waals surface area (Å²) in [6, 6.07) is 0.226. The lowest BCUT2D eigenvalue weighted by molar-refractivity contribution is 0.0410. The second kappa shape index (κ2) is 4.52. The smallest absolute Gasteiger partial charge is 0.219 e. The Labute approximate surface area is 103 Å². The van der Waals surface area contributed by atoms with Crippen LogP contribution < -0.4 is 4.72 Å². The maximum atomic E-state index is 11.9. The second-order valence-corrected chi connectivity index (χ2v) is 7.72. The molecule has 3 aliphatic rings. The molecule has 4 nitrogen and oxygen atoms in total. The van der Waals surface area contributed by atoms with Gasteiger partial charge in [-0.2, -0.15) is 0 Å². The standard InChI is InChI=1S/C12H21NO3S/c14-17(15,10-7-16-8-10)13-12-6-11(12)9-4-2-1-3-5-9/h9-13H,1-8H2/t11-,12+/m0/s1. The fourth-order valence-corrected chi connectivity index (χ4v) is 4.57. The molecule has 0 amide bonds. The van der Waals surface area contributed by atoms with E-state index in [-0.39, 0.29) is 11.3 Å². The van der Waals surface area contributed by atoms with Crippen LogP contribution >= 0.6 is 0 Å². The number of sulfonamides is 1. The Bertz CT molecular complexity index is 371. The minimum atomic E-state index is -3.11. The molecule has 0 aromatic heterocycles. The second-order valence-electron chi connectivity index (χ2n) is 5.73. The predicted octanol–water partition coefficient (Wildman–Crippen LogP) is 1.27. The zero-order valence-electron chi connectivity index (χ0n) is 10.1. The molecule has 3 rings (SSSR count). The predicted molar refractivity (Wildman–Crippen MR) is 65.1 cm³/mol. The van der Waals surface area contributed by atoms with Crippen molar-refractivity contribution in [1.29, 1.82) is 0 Å². The first-order valence-corrected chi connectivity index (χ1v) is 8.30. The Hall–Kier alpha value is -0.130. The minimum absolute atomic E-state index is 0.226. The van der Waals surface area contributed by atoms with Gasteiger partial charge in [-0.25, -0.2) is 13.1 Å². The van der Waals surface area contributed by atoms with Gasteiger partial charge in [0.15, 0.2) is 0 Å². The van der Waals surface area contributed by atoms with Crippen LogP contribution in [0.5, 0.6) is 0 Å². The molecule has 0 radical (unpaired) electrons. The molecule has 0 aromatic rings. The van der Waals surface area contributed by atoms with E-state index in [2.05, 4.69) is 4.72 Å². The zero-order valence-corrected chi connectivity index (χ0v) is 10.9. The lowest BCUT2D eigenvalue weighted by Crippen LogP contribution is -2.47. The number of hydrogen-bond acceptors (Lipinski definition) is 3. The molecular weight excluding hydrogens is 238 g/mol. The monoisotopic (exact) mass is 259 g/mol. The van der Waals surface area contributed by atoms with E-state index < -0.39 is 10.0 Å². The van der Waals surface area contributed by atoms with Crippen molar-refractivity contribution in [1.82, 2.24) is 4.72 Å². The van der Waals surface area contributed by atoms with Crippen molar-refractivity contribution in [3.63, 3.8) is 0 Å². The number of hydrogen-bond donors (Lipinski definition) is 1. The van der Waals surface area contributed by atoms with Gasteiger partial charge in [-0.15, -0.1) is 0 Å². The Morgan fingerprint density at radius 2 is 1.76 bits per heavy atom. The largest absolute Gasteiger partial charge is 0.378 e. The minimum Gasteiger partial charge on any atom is -0.378 e. The SMILES string of the molecule is O=S(=O)(N[C@@H]1C[C@H]1C1CCCCC1)C1COC1. The maximum absolute atomic E-state index is 11.9. The molecule has 0 aromatic carbocycles. The van der Waals surface area contributed by atoms with Gasteiger partial charge < -0.3 is 4.74 Å². The van der Waals surface area contributed by atoms with Crippen LogP contribution in [0.3, 0.4) is 0 Å². The Morgan fingerprint density at radius 3 is 2.35 bits per heavy atom. The van der Waals surface area contributed by atoms with Gasteiger partial charge in [0.05, 0.1) is 13.2 Å². The number of ether oxygens (including phenoxy) is 1.